The summed E-state index contributed by atoms with van der Waals surface area (Å²) in [6.07, 6.45) is 0. The first kappa shape index (κ1) is 16.3. The van der Waals surface area contributed by atoms with Crippen LogP contribution in [0.2, 0.25) is 10.0 Å². The molecule has 1 rings (SSSR count). The van der Waals surface area contributed by atoms with E-state index in [4.69, 9.17) is 27.9 Å². The Kier molecular flexibility index (Phi) is 6.11. The summed E-state index contributed by atoms with van der Waals surface area (Å²) in [5, 5.41) is 4.42. The number of halogens is 2. The highest BCUT2D eigenvalue weighted by atomic mass is 35.5. The minimum atomic E-state index is -0.369. The molecular formula is C14H19Cl2NO2. The molecule has 0 aromatic heterocycles. The van der Waals surface area contributed by atoms with Crippen molar-refractivity contribution >= 4 is 29.2 Å². The molecule has 1 unspecified atom stereocenters. The van der Waals surface area contributed by atoms with E-state index in [2.05, 4.69) is 5.32 Å². The summed E-state index contributed by atoms with van der Waals surface area (Å²) in [7, 11) is 1.39. The lowest BCUT2D eigenvalue weighted by molar-refractivity contribution is -0.144. The molecule has 0 bridgehead atoms. The third kappa shape index (κ3) is 4.37. The second-order valence-corrected chi connectivity index (χ2v) is 5.64. The Labute approximate surface area is 124 Å². The van der Waals surface area contributed by atoms with Gasteiger partial charge in [-0.2, -0.15) is 0 Å². The standard InChI is InChI=1S/C14H19Cl2NO2/c1-8(2)13(14(18)19-4)17-9(3)11-6-5-10(15)7-12(11)16/h5-9,13,17H,1-4H3/t9?,13-/m0/s1. The van der Waals surface area contributed by atoms with Crippen molar-refractivity contribution in [1.29, 1.82) is 0 Å². The van der Waals surface area contributed by atoms with Crippen LogP contribution in [0, 0.1) is 5.92 Å². The van der Waals surface area contributed by atoms with Gasteiger partial charge in [0, 0.05) is 16.1 Å². The van der Waals surface area contributed by atoms with Gasteiger partial charge in [-0.05, 0) is 30.5 Å². The van der Waals surface area contributed by atoms with E-state index < -0.39 is 0 Å². The van der Waals surface area contributed by atoms with Crippen LogP contribution < -0.4 is 5.32 Å². The average Bonchev–Trinajstić information content (AvgIpc) is 2.34. The van der Waals surface area contributed by atoms with Crippen LogP contribution in [0.25, 0.3) is 0 Å². The number of nitrogens with one attached hydrogen (secondary N) is 1. The zero-order chi connectivity index (χ0) is 14.6. The first-order chi connectivity index (χ1) is 8.86. The fourth-order valence-electron chi connectivity index (χ4n) is 1.87. The van der Waals surface area contributed by atoms with E-state index in [1.165, 1.54) is 7.11 Å². The van der Waals surface area contributed by atoms with Gasteiger partial charge in [0.05, 0.1) is 7.11 Å². The summed E-state index contributed by atoms with van der Waals surface area (Å²) in [6, 6.07) is 4.89. The molecule has 2 atom stereocenters. The second-order valence-electron chi connectivity index (χ2n) is 4.80. The smallest absolute Gasteiger partial charge is 0.323 e. The van der Waals surface area contributed by atoms with Gasteiger partial charge in [0.1, 0.15) is 6.04 Å². The quantitative estimate of drug-likeness (QED) is 0.840. The summed E-state index contributed by atoms with van der Waals surface area (Å²) in [6.45, 7) is 5.88. The van der Waals surface area contributed by atoms with E-state index in [0.29, 0.717) is 10.0 Å². The average molecular weight is 304 g/mol. The fourth-order valence-corrected chi connectivity index (χ4v) is 2.44. The molecule has 0 radical (unpaired) electrons. The van der Waals surface area contributed by atoms with Crippen LogP contribution in [-0.2, 0) is 9.53 Å². The number of hydrogen-bond donors (Lipinski definition) is 1. The topological polar surface area (TPSA) is 38.3 Å². The number of carbonyl (C=O) groups is 1. The molecule has 0 fully saturated rings. The van der Waals surface area contributed by atoms with Gasteiger partial charge < -0.3 is 4.74 Å². The molecule has 1 N–H and O–H groups in total. The third-order valence-electron chi connectivity index (χ3n) is 2.98. The summed E-state index contributed by atoms with van der Waals surface area (Å²) < 4.78 is 4.80. The van der Waals surface area contributed by atoms with Crippen LogP contribution in [-0.4, -0.2) is 19.1 Å². The van der Waals surface area contributed by atoms with Crippen LogP contribution in [0.1, 0.15) is 32.4 Å². The van der Waals surface area contributed by atoms with Gasteiger partial charge in [-0.3, -0.25) is 10.1 Å². The molecule has 0 saturated heterocycles. The maximum Gasteiger partial charge on any atom is 0.323 e. The molecule has 106 valence electrons. The maximum absolute atomic E-state index is 11.7. The number of esters is 1. The Morgan fingerprint density at radius 3 is 2.37 bits per heavy atom. The lowest BCUT2D eigenvalue weighted by Gasteiger charge is -2.25. The van der Waals surface area contributed by atoms with Gasteiger partial charge in [0.15, 0.2) is 0 Å². The predicted octanol–water partition coefficient (Wildman–Crippen LogP) is 3.84. The summed E-state index contributed by atoms with van der Waals surface area (Å²) in [5.74, 6) is -0.145. The van der Waals surface area contributed by atoms with Crippen molar-refractivity contribution in [2.75, 3.05) is 7.11 Å². The lowest BCUT2D eigenvalue weighted by Crippen LogP contribution is -2.43. The Balaban J connectivity index is 2.87. The highest BCUT2D eigenvalue weighted by molar-refractivity contribution is 6.35. The van der Waals surface area contributed by atoms with Crippen LogP contribution in [0.3, 0.4) is 0 Å². The van der Waals surface area contributed by atoms with E-state index in [0.717, 1.165) is 5.56 Å². The Bertz CT molecular complexity index is 449. The van der Waals surface area contributed by atoms with Crippen LogP contribution >= 0.6 is 23.2 Å². The molecule has 0 spiro atoms. The number of ether oxygens (including phenoxy) is 1. The number of rotatable bonds is 5. The van der Waals surface area contributed by atoms with Crippen molar-refractivity contribution in [3.8, 4) is 0 Å². The summed E-state index contributed by atoms with van der Waals surface area (Å²) in [5.41, 5.74) is 0.903. The molecule has 0 aliphatic heterocycles. The fraction of sp³-hybridized carbons (Fsp3) is 0.500. The van der Waals surface area contributed by atoms with E-state index >= 15 is 0 Å². The Morgan fingerprint density at radius 1 is 1.26 bits per heavy atom. The highest BCUT2D eigenvalue weighted by Gasteiger charge is 2.25. The number of benzene rings is 1. The largest absolute Gasteiger partial charge is 0.468 e. The van der Waals surface area contributed by atoms with Gasteiger partial charge in [0.2, 0.25) is 0 Å². The number of carbonyl (C=O) groups excluding carboxylic acids is 1. The Morgan fingerprint density at radius 2 is 1.89 bits per heavy atom. The van der Waals surface area contributed by atoms with Gasteiger partial charge >= 0.3 is 5.97 Å². The highest BCUT2D eigenvalue weighted by Crippen LogP contribution is 2.26. The second kappa shape index (κ2) is 7.13. The molecule has 0 heterocycles. The zero-order valence-electron chi connectivity index (χ0n) is 11.5. The van der Waals surface area contributed by atoms with Gasteiger partial charge in [-0.15, -0.1) is 0 Å². The first-order valence-electron chi connectivity index (χ1n) is 6.15. The van der Waals surface area contributed by atoms with E-state index in [1.807, 2.05) is 26.8 Å². The predicted molar refractivity (Wildman–Crippen MR) is 78.7 cm³/mol. The minimum Gasteiger partial charge on any atom is -0.468 e. The molecule has 1 aromatic carbocycles. The van der Waals surface area contributed by atoms with Crippen molar-refractivity contribution in [1.82, 2.24) is 5.32 Å². The van der Waals surface area contributed by atoms with Crippen LogP contribution in [0.4, 0.5) is 0 Å². The number of methoxy groups -OCH3 is 1. The molecule has 5 heteroatoms. The van der Waals surface area contributed by atoms with E-state index in [1.54, 1.807) is 12.1 Å². The molecule has 0 saturated carbocycles. The molecule has 0 amide bonds. The third-order valence-corrected chi connectivity index (χ3v) is 3.54. The lowest BCUT2D eigenvalue weighted by atomic mass is 10.0. The van der Waals surface area contributed by atoms with Gasteiger partial charge in [0.25, 0.3) is 0 Å². The SMILES string of the molecule is COC(=O)[C@@H](NC(C)c1ccc(Cl)cc1Cl)C(C)C. The molecule has 0 aliphatic rings. The van der Waals surface area contributed by atoms with Crippen LogP contribution in [0.5, 0.6) is 0 Å². The maximum atomic E-state index is 11.7. The van der Waals surface area contributed by atoms with Crippen molar-refractivity contribution in [3.63, 3.8) is 0 Å². The minimum absolute atomic E-state index is 0.0729. The first-order valence-corrected chi connectivity index (χ1v) is 6.91. The molecule has 3 nitrogen and oxygen atoms in total. The van der Waals surface area contributed by atoms with E-state index in [9.17, 15) is 4.79 Å². The zero-order valence-corrected chi connectivity index (χ0v) is 13.0. The normalized spacial score (nSPS) is 14.3. The van der Waals surface area contributed by atoms with Crippen molar-refractivity contribution in [2.45, 2.75) is 32.9 Å². The van der Waals surface area contributed by atoms with Gasteiger partial charge in [-0.25, -0.2) is 0 Å². The summed E-state index contributed by atoms with van der Waals surface area (Å²) >= 11 is 12.0. The van der Waals surface area contributed by atoms with Crippen molar-refractivity contribution in [2.24, 2.45) is 5.92 Å². The molecule has 0 aliphatic carbocycles. The van der Waals surface area contributed by atoms with E-state index in [-0.39, 0.29) is 24.0 Å². The molecular weight excluding hydrogens is 285 g/mol. The Hall–Kier alpha value is -0.770. The molecule has 1 aromatic rings. The summed E-state index contributed by atoms with van der Waals surface area (Å²) in [4.78, 5) is 11.7. The monoisotopic (exact) mass is 303 g/mol. The molecule has 19 heavy (non-hydrogen) atoms. The number of hydrogen-bond acceptors (Lipinski definition) is 3. The van der Waals surface area contributed by atoms with Crippen molar-refractivity contribution < 1.29 is 9.53 Å². The van der Waals surface area contributed by atoms with Gasteiger partial charge in [-0.1, -0.05) is 43.1 Å². The van der Waals surface area contributed by atoms with Crippen molar-refractivity contribution in [3.05, 3.63) is 33.8 Å². The van der Waals surface area contributed by atoms with Crippen LogP contribution in [0.15, 0.2) is 18.2 Å².